The standard InChI is InChI=1S/C17H15FN2S/c1-12-16(4-2-8-19-12)20-11-13-6-7-15(18)14(10-13)17-5-3-9-21-17/h2-10,20H,11H2,1H3. The third-order valence-electron chi connectivity index (χ3n) is 3.31. The number of aryl methyl sites for hydroxylation is 1. The largest absolute Gasteiger partial charge is 0.380 e. The summed E-state index contributed by atoms with van der Waals surface area (Å²) in [7, 11) is 0. The lowest BCUT2D eigenvalue weighted by Crippen LogP contribution is -2.02. The van der Waals surface area contributed by atoms with Gasteiger partial charge in [0.15, 0.2) is 0 Å². The Morgan fingerprint density at radius 1 is 1.19 bits per heavy atom. The van der Waals surface area contributed by atoms with E-state index >= 15 is 0 Å². The second kappa shape index (κ2) is 6.06. The van der Waals surface area contributed by atoms with Gasteiger partial charge in [0.2, 0.25) is 0 Å². The van der Waals surface area contributed by atoms with Crippen LogP contribution in [0.5, 0.6) is 0 Å². The van der Waals surface area contributed by atoms with E-state index in [4.69, 9.17) is 0 Å². The number of hydrogen-bond acceptors (Lipinski definition) is 3. The van der Waals surface area contributed by atoms with E-state index in [1.165, 1.54) is 6.07 Å². The summed E-state index contributed by atoms with van der Waals surface area (Å²) in [6, 6.07) is 13.0. The molecule has 0 aliphatic rings. The Morgan fingerprint density at radius 2 is 2.10 bits per heavy atom. The quantitative estimate of drug-likeness (QED) is 0.743. The number of rotatable bonds is 4. The van der Waals surface area contributed by atoms with Crippen molar-refractivity contribution in [2.24, 2.45) is 0 Å². The smallest absolute Gasteiger partial charge is 0.131 e. The van der Waals surface area contributed by atoms with Gasteiger partial charge in [-0.1, -0.05) is 12.1 Å². The van der Waals surface area contributed by atoms with Gasteiger partial charge in [0.25, 0.3) is 0 Å². The summed E-state index contributed by atoms with van der Waals surface area (Å²) in [5.74, 6) is -0.182. The average Bonchev–Trinajstić information content (AvgIpc) is 3.02. The summed E-state index contributed by atoms with van der Waals surface area (Å²) < 4.78 is 13.9. The van der Waals surface area contributed by atoms with Crippen LogP contribution in [0.1, 0.15) is 11.3 Å². The second-order valence-corrected chi connectivity index (χ2v) is 5.73. The first-order valence-corrected chi connectivity index (χ1v) is 7.60. The fourth-order valence-corrected chi connectivity index (χ4v) is 2.92. The minimum absolute atomic E-state index is 0.182. The molecule has 0 atom stereocenters. The minimum atomic E-state index is -0.182. The Bertz CT molecular complexity index is 738. The Balaban J connectivity index is 1.81. The molecule has 3 aromatic rings. The Morgan fingerprint density at radius 3 is 2.86 bits per heavy atom. The van der Waals surface area contributed by atoms with Gasteiger partial charge in [0.05, 0.1) is 11.4 Å². The molecule has 1 N–H and O–H groups in total. The zero-order chi connectivity index (χ0) is 14.7. The maximum absolute atomic E-state index is 13.9. The third-order valence-corrected chi connectivity index (χ3v) is 4.21. The summed E-state index contributed by atoms with van der Waals surface area (Å²) in [5.41, 5.74) is 3.66. The molecule has 0 aliphatic carbocycles. The number of aromatic nitrogens is 1. The van der Waals surface area contributed by atoms with Gasteiger partial charge in [-0.15, -0.1) is 11.3 Å². The first-order valence-electron chi connectivity index (χ1n) is 6.72. The lowest BCUT2D eigenvalue weighted by molar-refractivity contribution is 0.631. The summed E-state index contributed by atoms with van der Waals surface area (Å²) in [5, 5.41) is 5.30. The highest BCUT2D eigenvalue weighted by molar-refractivity contribution is 7.13. The molecule has 0 aliphatic heterocycles. The van der Waals surface area contributed by atoms with Crippen LogP contribution in [0.15, 0.2) is 54.0 Å². The van der Waals surface area contributed by atoms with Gasteiger partial charge in [-0.3, -0.25) is 4.98 Å². The van der Waals surface area contributed by atoms with Crippen LogP contribution in [0.4, 0.5) is 10.1 Å². The topological polar surface area (TPSA) is 24.9 Å². The molecule has 2 nitrogen and oxygen atoms in total. The Hall–Kier alpha value is -2.20. The molecule has 2 heterocycles. The zero-order valence-electron chi connectivity index (χ0n) is 11.6. The first-order chi connectivity index (χ1) is 10.2. The van der Waals surface area contributed by atoms with E-state index in [-0.39, 0.29) is 5.82 Å². The highest BCUT2D eigenvalue weighted by Crippen LogP contribution is 2.28. The van der Waals surface area contributed by atoms with Gasteiger partial charge in [0.1, 0.15) is 5.82 Å². The number of thiophene rings is 1. The number of anilines is 1. The molecule has 1 aromatic carbocycles. The van der Waals surface area contributed by atoms with Crippen LogP contribution in [-0.4, -0.2) is 4.98 Å². The van der Waals surface area contributed by atoms with Crippen LogP contribution in [0.2, 0.25) is 0 Å². The average molecular weight is 298 g/mol. The molecule has 0 amide bonds. The number of hydrogen-bond donors (Lipinski definition) is 1. The fourth-order valence-electron chi connectivity index (χ4n) is 2.17. The van der Waals surface area contributed by atoms with Crippen LogP contribution >= 0.6 is 11.3 Å². The lowest BCUT2D eigenvalue weighted by Gasteiger charge is -2.10. The van der Waals surface area contributed by atoms with E-state index in [1.807, 2.05) is 48.7 Å². The molecule has 0 saturated carbocycles. The summed E-state index contributed by atoms with van der Waals surface area (Å²) >= 11 is 1.55. The third kappa shape index (κ3) is 3.11. The van der Waals surface area contributed by atoms with E-state index in [1.54, 1.807) is 17.5 Å². The lowest BCUT2D eigenvalue weighted by atomic mass is 10.1. The second-order valence-electron chi connectivity index (χ2n) is 4.78. The maximum Gasteiger partial charge on any atom is 0.131 e. The van der Waals surface area contributed by atoms with Crippen molar-refractivity contribution in [2.45, 2.75) is 13.5 Å². The highest BCUT2D eigenvalue weighted by Gasteiger charge is 2.07. The number of nitrogens with one attached hydrogen (secondary N) is 1. The van der Waals surface area contributed by atoms with Crippen LogP contribution in [-0.2, 0) is 6.54 Å². The van der Waals surface area contributed by atoms with Gasteiger partial charge in [-0.05, 0) is 48.2 Å². The molecule has 0 radical (unpaired) electrons. The molecule has 21 heavy (non-hydrogen) atoms. The maximum atomic E-state index is 13.9. The van der Waals surface area contributed by atoms with Gasteiger partial charge in [-0.2, -0.15) is 0 Å². The number of nitrogens with zero attached hydrogens (tertiary/aromatic N) is 1. The summed E-state index contributed by atoms with van der Waals surface area (Å²) in [4.78, 5) is 5.19. The molecule has 106 valence electrons. The van der Waals surface area contributed by atoms with Crippen molar-refractivity contribution in [3.05, 3.63) is 71.1 Å². The number of pyridine rings is 1. The van der Waals surface area contributed by atoms with Crippen LogP contribution in [0.3, 0.4) is 0 Å². The molecule has 0 saturated heterocycles. The van der Waals surface area contributed by atoms with E-state index in [9.17, 15) is 4.39 Å². The van der Waals surface area contributed by atoms with Gasteiger partial charge >= 0.3 is 0 Å². The van der Waals surface area contributed by atoms with E-state index < -0.39 is 0 Å². The predicted molar refractivity (Wildman–Crippen MR) is 86.0 cm³/mol. The van der Waals surface area contributed by atoms with Gasteiger partial charge < -0.3 is 5.32 Å². The van der Waals surface area contributed by atoms with Crippen molar-refractivity contribution in [3.63, 3.8) is 0 Å². The molecule has 0 spiro atoms. The van der Waals surface area contributed by atoms with Crippen molar-refractivity contribution in [1.82, 2.24) is 4.98 Å². The predicted octanol–water partition coefficient (Wildman–Crippen LogP) is 4.87. The molecular formula is C17H15FN2S. The van der Waals surface area contributed by atoms with E-state index in [0.29, 0.717) is 12.1 Å². The summed E-state index contributed by atoms with van der Waals surface area (Å²) in [6.45, 7) is 2.61. The molecule has 4 heteroatoms. The number of halogens is 1. The van der Waals surface area contributed by atoms with Crippen molar-refractivity contribution in [1.29, 1.82) is 0 Å². The molecule has 0 bridgehead atoms. The van der Waals surface area contributed by atoms with E-state index in [2.05, 4.69) is 10.3 Å². The monoisotopic (exact) mass is 298 g/mol. The SMILES string of the molecule is Cc1ncccc1NCc1ccc(F)c(-c2cccs2)c1. The van der Waals surface area contributed by atoms with E-state index in [0.717, 1.165) is 21.8 Å². The Labute approximate surface area is 127 Å². The number of benzene rings is 1. The van der Waals surface area contributed by atoms with Crippen LogP contribution in [0, 0.1) is 12.7 Å². The molecule has 0 unspecified atom stereocenters. The summed E-state index contributed by atoms with van der Waals surface area (Å²) in [6.07, 6.45) is 1.77. The van der Waals surface area contributed by atoms with Crippen LogP contribution < -0.4 is 5.32 Å². The minimum Gasteiger partial charge on any atom is -0.380 e. The van der Waals surface area contributed by atoms with Gasteiger partial charge in [-0.25, -0.2) is 4.39 Å². The molecule has 0 fully saturated rings. The first kappa shape index (κ1) is 13.8. The van der Waals surface area contributed by atoms with Crippen LogP contribution in [0.25, 0.3) is 10.4 Å². The van der Waals surface area contributed by atoms with Crippen molar-refractivity contribution < 1.29 is 4.39 Å². The fraction of sp³-hybridized carbons (Fsp3) is 0.118. The van der Waals surface area contributed by atoms with Crippen molar-refractivity contribution in [2.75, 3.05) is 5.32 Å². The normalized spacial score (nSPS) is 10.6. The van der Waals surface area contributed by atoms with Crippen molar-refractivity contribution >= 4 is 17.0 Å². The zero-order valence-corrected chi connectivity index (χ0v) is 12.5. The molecule has 2 aromatic heterocycles. The van der Waals surface area contributed by atoms with Crippen molar-refractivity contribution in [3.8, 4) is 10.4 Å². The highest BCUT2D eigenvalue weighted by atomic mass is 32.1. The Kier molecular flexibility index (Phi) is 3.97. The van der Waals surface area contributed by atoms with Gasteiger partial charge in [0, 0.05) is 23.2 Å². The molecule has 3 rings (SSSR count). The molecular weight excluding hydrogens is 283 g/mol.